The summed E-state index contributed by atoms with van der Waals surface area (Å²) in [5.74, 6) is 2.74. The quantitative estimate of drug-likeness (QED) is 0.595. The summed E-state index contributed by atoms with van der Waals surface area (Å²) < 4.78 is 0. The summed E-state index contributed by atoms with van der Waals surface area (Å²) in [5.41, 5.74) is 6.57. The fraction of sp³-hybridized carbons (Fsp3) is 0.905. The zero-order valence-electron chi connectivity index (χ0n) is 16.1. The maximum absolute atomic E-state index is 12.5. The molecule has 0 aromatic rings. The predicted octanol–water partition coefficient (Wildman–Crippen LogP) is 2.90. The molecule has 6 atom stereocenters. The van der Waals surface area contributed by atoms with Crippen molar-refractivity contribution in [3.05, 3.63) is 0 Å². The molecule has 5 nitrogen and oxygen atoms in total. The number of rotatable bonds is 4. The van der Waals surface area contributed by atoms with Gasteiger partial charge in [0.15, 0.2) is 0 Å². The van der Waals surface area contributed by atoms with E-state index in [1.807, 2.05) is 0 Å². The van der Waals surface area contributed by atoms with E-state index >= 15 is 0 Å². The topological polar surface area (TPSA) is 84.9 Å². The third-order valence-electron chi connectivity index (χ3n) is 8.60. The van der Waals surface area contributed by atoms with Crippen LogP contribution < -0.4 is 5.73 Å². The highest BCUT2D eigenvalue weighted by molar-refractivity contribution is 5.87. The lowest BCUT2D eigenvalue weighted by molar-refractivity contribution is -0.143. The zero-order chi connectivity index (χ0) is 18.4. The Morgan fingerprint density at radius 3 is 2.81 bits per heavy atom. The van der Waals surface area contributed by atoms with Crippen molar-refractivity contribution < 1.29 is 14.7 Å². The molecule has 4 aliphatic carbocycles. The number of hydrogen-bond acceptors (Lipinski definition) is 5. The van der Waals surface area contributed by atoms with Gasteiger partial charge in [0.2, 0.25) is 0 Å². The molecule has 0 radical (unpaired) electrons. The number of nitrogens with two attached hydrogens (primary N) is 1. The minimum absolute atomic E-state index is 0.0305. The molecule has 5 heteroatoms. The fourth-order valence-corrected chi connectivity index (χ4v) is 7.22. The normalized spacial score (nSPS) is 46.6. The first-order valence-electron chi connectivity index (χ1n) is 10.6. The monoisotopic (exact) mass is 362 g/mol. The minimum Gasteiger partial charge on any atom is -0.396 e. The van der Waals surface area contributed by atoms with Gasteiger partial charge < -0.3 is 15.7 Å². The van der Waals surface area contributed by atoms with Crippen molar-refractivity contribution in [3.8, 4) is 0 Å². The van der Waals surface area contributed by atoms with E-state index in [9.17, 15) is 9.90 Å². The molecule has 0 spiro atoms. The van der Waals surface area contributed by atoms with Crippen LogP contribution in [-0.4, -0.2) is 36.4 Å². The van der Waals surface area contributed by atoms with Gasteiger partial charge in [0.1, 0.15) is 12.4 Å². The third-order valence-corrected chi connectivity index (χ3v) is 8.60. The zero-order valence-corrected chi connectivity index (χ0v) is 16.1. The minimum atomic E-state index is -0.0814. The maximum atomic E-state index is 12.5. The van der Waals surface area contributed by atoms with Crippen LogP contribution in [0.2, 0.25) is 0 Å². The first-order chi connectivity index (χ1) is 12.5. The molecular weight excluding hydrogens is 328 g/mol. The summed E-state index contributed by atoms with van der Waals surface area (Å²) in [6.45, 7) is 3.47. The SMILES string of the molecule is CC12CCC3C(CCC4CC(=NOCCN)CCC43CO)C1CCC2=O. The van der Waals surface area contributed by atoms with Gasteiger partial charge in [-0.3, -0.25) is 4.79 Å². The number of carbonyl (C=O) groups excluding carboxylic acids is 1. The molecule has 4 fully saturated rings. The van der Waals surface area contributed by atoms with Gasteiger partial charge in [0, 0.05) is 30.4 Å². The number of aliphatic hydroxyl groups is 1. The van der Waals surface area contributed by atoms with Crippen molar-refractivity contribution in [1.82, 2.24) is 0 Å². The number of aliphatic hydroxyl groups excluding tert-OH is 1. The summed E-state index contributed by atoms with van der Waals surface area (Å²) in [6.07, 6.45) is 9.22. The summed E-state index contributed by atoms with van der Waals surface area (Å²) >= 11 is 0. The first kappa shape index (κ1) is 18.4. The molecule has 0 aromatic carbocycles. The molecule has 26 heavy (non-hydrogen) atoms. The van der Waals surface area contributed by atoms with Gasteiger partial charge in [-0.15, -0.1) is 0 Å². The lowest BCUT2D eigenvalue weighted by Crippen LogP contribution is -2.56. The van der Waals surface area contributed by atoms with Crippen LogP contribution in [0.1, 0.15) is 64.7 Å². The molecule has 4 saturated carbocycles. The van der Waals surface area contributed by atoms with Crippen molar-refractivity contribution in [2.75, 3.05) is 19.8 Å². The van der Waals surface area contributed by atoms with Gasteiger partial charge in [-0.2, -0.15) is 0 Å². The van der Waals surface area contributed by atoms with Crippen LogP contribution in [0.5, 0.6) is 0 Å². The van der Waals surface area contributed by atoms with Crippen LogP contribution in [0.15, 0.2) is 5.16 Å². The Bertz CT molecular complexity index is 592. The average Bonchev–Trinajstić information content (AvgIpc) is 2.96. The molecular formula is C21H34N2O3. The van der Waals surface area contributed by atoms with Gasteiger partial charge in [-0.1, -0.05) is 12.1 Å². The summed E-state index contributed by atoms with van der Waals surface area (Å²) in [7, 11) is 0. The molecule has 3 N–H and O–H groups in total. The van der Waals surface area contributed by atoms with Gasteiger partial charge in [-0.25, -0.2) is 0 Å². The molecule has 0 saturated heterocycles. The number of oxime groups is 1. The van der Waals surface area contributed by atoms with Crippen molar-refractivity contribution in [3.63, 3.8) is 0 Å². The van der Waals surface area contributed by atoms with E-state index < -0.39 is 0 Å². The maximum Gasteiger partial charge on any atom is 0.139 e. The Kier molecular flexibility index (Phi) is 4.89. The molecule has 4 aliphatic rings. The van der Waals surface area contributed by atoms with Gasteiger partial charge >= 0.3 is 0 Å². The van der Waals surface area contributed by atoms with Crippen molar-refractivity contribution in [2.45, 2.75) is 64.7 Å². The number of fused-ring (bicyclic) bond motifs is 5. The van der Waals surface area contributed by atoms with E-state index in [0.29, 0.717) is 42.6 Å². The van der Waals surface area contributed by atoms with Crippen LogP contribution in [0.4, 0.5) is 0 Å². The second-order valence-electron chi connectivity index (χ2n) is 9.44. The van der Waals surface area contributed by atoms with E-state index in [2.05, 4.69) is 12.1 Å². The summed E-state index contributed by atoms with van der Waals surface area (Å²) in [4.78, 5) is 17.8. The second-order valence-corrected chi connectivity index (χ2v) is 9.44. The highest BCUT2D eigenvalue weighted by atomic mass is 16.6. The number of hydrogen-bond donors (Lipinski definition) is 2. The second kappa shape index (κ2) is 6.90. The van der Waals surface area contributed by atoms with Crippen molar-refractivity contribution >= 4 is 11.5 Å². The first-order valence-corrected chi connectivity index (χ1v) is 10.6. The van der Waals surface area contributed by atoms with Gasteiger partial charge in [0.05, 0.1) is 5.71 Å². The Morgan fingerprint density at radius 2 is 2.04 bits per heavy atom. The van der Waals surface area contributed by atoms with Crippen LogP contribution in [-0.2, 0) is 9.63 Å². The van der Waals surface area contributed by atoms with Crippen LogP contribution in [0.25, 0.3) is 0 Å². The lowest BCUT2D eigenvalue weighted by Gasteiger charge is -2.60. The number of ketones is 1. The molecule has 4 rings (SSSR count). The molecule has 0 heterocycles. The van der Waals surface area contributed by atoms with E-state index in [0.717, 1.165) is 57.1 Å². The third kappa shape index (κ3) is 2.65. The largest absolute Gasteiger partial charge is 0.396 e. The molecule has 0 aliphatic heterocycles. The van der Waals surface area contributed by atoms with E-state index in [1.165, 1.54) is 6.42 Å². The van der Waals surface area contributed by atoms with Gasteiger partial charge in [0.25, 0.3) is 0 Å². The number of Topliss-reactive ketones (excluding diaryl/α,β-unsaturated/α-hetero) is 1. The Balaban J connectivity index is 1.55. The predicted molar refractivity (Wildman–Crippen MR) is 101 cm³/mol. The van der Waals surface area contributed by atoms with Crippen molar-refractivity contribution in [2.24, 2.45) is 45.4 Å². The molecule has 0 amide bonds. The number of nitrogens with zero attached hydrogens (tertiary/aromatic N) is 1. The molecule has 6 unspecified atom stereocenters. The molecule has 0 bridgehead atoms. The highest BCUT2D eigenvalue weighted by Gasteiger charge is 2.61. The van der Waals surface area contributed by atoms with E-state index in [4.69, 9.17) is 10.6 Å². The Labute approximate surface area is 156 Å². The Hall–Kier alpha value is -0.940. The van der Waals surface area contributed by atoms with E-state index in [1.54, 1.807) is 0 Å². The van der Waals surface area contributed by atoms with Crippen LogP contribution in [0.3, 0.4) is 0 Å². The summed E-state index contributed by atoms with van der Waals surface area (Å²) in [5, 5.41) is 14.8. The van der Waals surface area contributed by atoms with E-state index in [-0.39, 0.29) is 17.4 Å². The van der Waals surface area contributed by atoms with Crippen LogP contribution in [0, 0.1) is 34.5 Å². The molecule has 146 valence electrons. The highest BCUT2D eigenvalue weighted by Crippen LogP contribution is 2.65. The van der Waals surface area contributed by atoms with Crippen molar-refractivity contribution in [1.29, 1.82) is 0 Å². The fourth-order valence-electron chi connectivity index (χ4n) is 7.22. The average molecular weight is 363 g/mol. The standard InChI is InChI=1S/C21H34N2O3/c1-20-8-7-18-16(17(20)4-5-19(20)25)3-2-14-12-15(23-26-11-10-22)6-9-21(14,18)13-24/h14,16-18,24H,2-13,22H2,1H3. The Morgan fingerprint density at radius 1 is 1.19 bits per heavy atom. The summed E-state index contributed by atoms with van der Waals surface area (Å²) in [6, 6.07) is 0. The smallest absolute Gasteiger partial charge is 0.139 e. The van der Waals surface area contributed by atoms with Crippen LogP contribution >= 0.6 is 0 Å². The van der Waals surface area contributed by atoms with Gasteiger partial charge in [-0.05, 0) is 75.0 Å². The molecule has 0 aromatic heterocycles. The lowest BCUT2D eigenvalue weighted by atomic mass is 9.45. The number of carbonyl (C=O) groups is 1.